The number of carboxylic acids is 1. The highest BCUT2D eigenvalue weighted by Crippen LogP contribution is 2.21. The third-order valence-corrected chi connectivity index (χ3v) is 4.42. The molecule has 1 N–H and O–H groups in total. The summed E-state index contributed by atoms with van der Waals surface area (Å²) < 4.78 is 13.0. The van der Waals surface area contributed by atoms with E-state index in [0.29, 0.717) is 31.5 Å². The van der Waals surface area contributed by atoms with E-state index in [2.05, 4.69) is 0 Å². The van der Waals surface area contributed by atoms with Gasteiger partial charge in [0.1, 0.15) is 12.4 Å². The van der Waals surface area contributed by atoms with Crippen LogP contribution < -0.4 is 0 Å². The molecular formula is C18H24FN3O4. The third-order valence-electron chi connectivity index (χ3n) is 4.42. The van der Waals surface area contributed by atoms with Gasteiger partial charge in [0.2, 0.25) is 5.91 Å². The van der Waals surface area contributed by atoms with E-state index in [1.807, 2.05) is 0 Å². The smallest absolute Gasteiger partial charge is 0.323 e. The Bertz CT molecular complexity index is 655. The van der Waals surface area contributed by atoms with Crippen LogP contribution in [0, 0.1) is 11.7 Å². The van der Waals surface area contributed by atoms with Crippen molar-refractivity contribution in [2.75, 3.05) is 33.7 Å². The van der Waals surface area contributed by atoms with Gasteiger partial charge in [-0.2, -0.15) is 0 Å². The van der Waals surface area contributed by atoms with Crippen molar-refractivity contribution >= 4 is 17.9 Å². The van der Waals surface area contributed by atoms with Crippen molar-refractivity contribution < 1.29 is 23.9 Å². The summed E-state index contributed by atoms with van der Waals surface area (Å²) >= 11 is 0. The summed E-state index contributed by atoms with van der Waals surface area (Å²) in [5.41, 5.74) is 0.668. The van der Waals surface area contributed by atoms with Crippen LogP contribution in [0.2, 0.25) is 0 Å². The average Bonchev–Trinajstić information content (AvgIpc) is 2.61. The van der Waals surface area contributed by atoms with Crippen LogP contribution in [0.15, 0.2) is 24.3 Å². The van der Waals surface area contributed by atoms with Gasteiger partial charge in [-0.1, -0.05) is 12.1 Å². The number of nitrogens with zero attached hydrogens (tertiary/aromatic N) is 3. The maximum Gasteiger partial charge on any atom is 0.323 e. The number of urea groups is 1. The lowest BCUT2D eigenvalue weighted by Crippen LogP contribution is -2.47. The molecule has 1 saturated heterocycles. The molecule has 8 heteroatoms. The number of piperidine rings is 1. The summed E-state index contributed by atoms with van der Waals surface area (Å²) in [7, 11) is 3.35. The van der Waals surface area contributed by atoms with Crippen LogP contribution in [0.1, 0.15) is 18.4 Å². The molecule has 1 aromatic carbocycles. The quantitative estimate of drug-likeness (QED) is 0.860. The Morgan fingerprint density at radius 3 is 2.23 bits per heavy atom. The summed E-state index contributed by atoms with van der Waals surface area (Å²) in [4.78, 5) is 40.4. The van der Waals surface area contributed by atoms with E-state index < -0.39 is 12.5 Å². The van der Waals surface area contributed by atoms with E-state index in [9.17, 15) is 18.8 Å². The van der Waals surface area contributed by atoms with E-state index in [-0.39, 0.29) is 30.2 Å². The van der Waals surface area contributed by atoms with Crippen LogP contribution in [0.3, 0.4) is 0 Å². The maximum absolute atomic E-state index is 13.0. The number of amides is 3. The lowest BCUT2D eigenvalue weighted by molar-refractivity contribution is -0.147. The molecule has 1 aliphatic rings. The van der Waals surface area contributed by atoms with Gasteiger partial charge in [0.25, 0.3) is 0 Å². The molecule has 142 valence electrons. The van der Waals surface area contributed by atoms with Crippen molar-refractivity contribution in [1.29, 1.82) is 0 Å². The van der Waals surface area contributed by atoms with Crippen LogP contribution in [-0.4, -0.2) is 71.4 Å². The van der Waals surface area contributed by atoms with Crippen molar-refractivity contribution in [3.63, 3.8) is 0 Å². The van der Waals surface area contributed by atoms with Crippen molar-refractivity contribution in [1.82, 2.24) is 14.7 Å². The number of halogens is 1. The Labute approximate surface area is 152 Å². The fourth-order valence-electron chi connectivity index (χ4n) is 3.04. The fourth-order valence-corrected chi connectivity index (χ4v) is 3.04. The minimum absolute atomic E-state index is 0.0930. The first kappa shape index (κ1) is 19.7. The summed E-state index contributed by atoms with van der Waals surface area (Å²) in [5.74, 6) is -2.04. The topological polar surface area (TPSA) is 81.2 Å². The Kier molecular flexibility index (Phi) is 6.54. The first-order valence-electron chi connectivity index (χ1n) is 8.49. The molecule has 0 aromatic heterocycles. The molecule has 1 aliphatic heterocycles. The van der Waals surface area contributed by atoms with Crippen molar-refractivity contribution in [2.45, 2.75) is 19.4 Å². The zero-order chi connectivity index (χ0) is 19.3. The minimum atomic E-state index is -1.10. The lowest BCUT2D eigenvalue weighted by atomic mass is 9.95. The number of hydrogen-bond donors (Lipinski definition) is 1. The standard InChI is InChI=1S/C18H24FN3O4/c1-20(2)18(26)21-9-7-14(8-10-21)17(25)22(12-16(23)24)11-13-3-5-15(19)6-4-13/h3-6,14H,7-12H2,1-2H3,(H,23,24). The van der Waals surface area contributed by atoms with Crippen LogP contribution in [0.25, 0.3) is 0 Å². The van der Waals surface area contributed by atoms with Gasteiger partial charge in [-0.3, -0.25) is 9.59 Å². The van der Waals surface area contributed by atoms with Crippen molar-refractivity contribution in [3.05, 3.63) is 35.6 Å². The second-order valence-electron chi connectivity index (χ2n) is 6.65. The number of rotatable bonds is 5. The van der Waals surface area contributed by atoms with Crippen molar-refractivity contribution in [3.8, 4) is 0 Å². The molecule has 7 nitrogen and oxygen atoms in total. The van der Waals surface area contributed by atoms with Gasteiger partial charge in [0, 0.05) is 39.6 Å². The Balaban J connectivity index is 2.01. The number of hydrogen-bond acceptors (Lipinski definition) is 3. The minimum Gasteiger partial charge on any atom is -0.480 e. The third kappa shape index (κ3) is 5.18. The van der Waals surface area contributed by atoms with Gasteiger partial charge in [-0.05, 0) is 30.5 Å². The highest BCUT2D eigenvalue weighted by Gasteiger charge is 2.31. The van der Waals surface area contributed by atoms with E-state index in [1.54, 1.807) is 19.0 Å². The number of carbonyl (C=O) groups is 3. The molecule has 2 rings (SSSR count). The Hall–Kier alpha value is -2.64. The van der Waals surface area contributed by atoms with Crippen molar-refractivity contribution in [2.24, 2.45) is 5.92 Å². The average molecular weight is 365 g/mol. The summed E-state index contributed by atoms with van der Waals surface area (Å²) in [6, 6.07) is 5.55. The fraction of sp³-hybridized carbons (Fsp3) is 0.500. The second kappa shape index (κ2) is 8.64. The maximum atomic E-state index is 13.0. The van der Waals surface area contributed by atoms with E-state index in [4.69, 9.17) is 5.11 Å². The number of carbonyl (C=O) groups excluding carboxylic acids is 2. The molecule has 0 atom stereocenters. The summed E-state index contributed by atoms with van der Waals surface area (Å²) in [6.45, 7) is 0.630. The molecule has 3 amide bonds. The van der Waals surface area contributed by atoms with E-state index in [1.165, 1.54) is 34.1 Å². The predicted molar refractivity (Wildman–Crippen MR) is 92.8 cm³/mol. The number of carboxylic acid groups (broad SMARTS) is 1. The second-order valence-corrected chi connectivity index (χ2v) is 6.65. The van der Waals surface area contributed by atoms with Crippen LogP contribution in [0.4, 0.5) is 9.18 Å². The number of aliphatic carboxylic acids is 1. The van der Waals surface area contributed by atoms with Gasteiger partial charge in [0.05, 0.1) is 0 Å². The van der Waals surface area contributed by atoms with Gasteiger partial charge in [-0.25, -0.2) is 9.18 Å². The zero-order valence-electron chi connectivity index (χ0n) is 15.0. The molecule has 0 saturated carbocycles. The van der Waals surface area contributed by atoms with Gasteiger partial charge < -0.3 is 19.8 Å². The van der Waals surface area contributed by atoms with Crippen LogP contribution >= 0.6 is 0 Å². The number of likely N-dealkylation sites (tertiary alicyclic amines) is 1. The molecule has 0 radical (unpaired) electrons. The Morgan fingerprint density at radius 2 is 1.73 bits per heavy atom. The zero-order valence-corrected chi connectivity index (χ0v) is 15.0. The highest BCUT2D eigenvalue weighted by molar-refractivity contribution is 5.83. The largest absolute Gasteiger partial charge is 0.480 e. The highest BCUT2D eigenvalue weighted by atomic mass is 19.1. The first-order chi connectivity index (χ1) is 12.3. The lowest BCUT2D eigenvalue weighted by Gasteiger charge is -2.35. The molecule has 1 heterocycles. The van der Waals surface area contributed by atoms with Gasteiger partial charge in [0.15, 0.2) is 0 Å². The molecule has 1 aromatic rings. The molecule has 0 spiro atoms. The molecule has 0 unspecified atom stereocenters. The first-order valence-corrected chi connectivity index (χ1v) is 8.49. The predicted octanol–water partition coefficient (Wildman–Crippen LogP) is 1.63. The molecule has 0 bridgehead atoms. The van der Waals surface area contributed by atoms with E-state index >= 15 is 0 Å². The monoisotopic (exact) mass is 365 g/mol. The molecule has 1 fully saturated rings. The van der Waals surface area contributed by atoms with Crippen LogP contribution in [-0.2, 0) is 16.1 Å². The van der Waals surface area contributed by atoms with E-state index in [0.717, 1.165) is 0 Å². The molecular weight excluding hydrogens is 341 g/mol. The van der Waals surface area contributed by atoms with Crippen LogP contribution in [0.5, 0.6) is 0 Å². The summed E-state index contributed by atoms with van der Waals surface area (Å²) in [6.07, 6.45) is 0.996. The normalized spacial score (nSPS) is 14.8. The molecule has 26 heavy (non-hydrogen) atoms. The van der Waals surface area contributed by atoms with Gasteiger partial charge in [-0.15, -0.1) is 0 Å². The molecule has 0 aliphatic carbocycles. The van der Waals surface area contributed by atoms with Gasteiger partial charge >= 0.3 is 12.0 Å². The SMILES string of the molecule is CN(C)C(=O)N1CCC(C(=O)N(CC(=O)O)Cc2ccc(F)cc2)CC1. The number of benzene rings is 1. The summed E-state index contributed by atoms with van der Waals surface area (Å²) in [5, 5.41) is 9.12. The Morgan fingerprint density at radius 1 is 1.15 bits per heavy atom.